The molecule has 4 nitrogen and oxygen atoms in total. The molecular weight excluding hydrogens is 267 g/mol. The van der Waals surface area contributed by atoms with E-state index in [4.69, 9.17) is 0 Å². The second-order valence-corrected chi connectivity index (χ2v) is 5.59. The molecule has 0 saturated carbocycles. The van der Waals surface area contributed by atoms with Crippen molar-refractivity contribution >= 4 is 6.21 Å². The summed E-state index contributed by atoms with van der Waals surface area (Å²) in [4.78, 5) is 6.51. The van der Waals surface area contributed by atoms with Gasteiger partial charge in [0.2, 0.25) is 0 Å². The SMILES string of the molecule is CN1C(NC2CCNCC2)=CN=CC1c1ccc(F)cc1. The minimum Gasteiger partial charge on any atom is -0.368 e. The predicted molar refractivity (Wildman–Crippen MR) is 82.5 cm³/mol. The predicted octanol–water partition coefficient (Wildman–Crippen LogP) is 2.02. The molecular formula is C16H21FN4. The van der Waals surface area contributed by atoms with Gasteiger partial charge in [0.1, 0.15) is 11.6 Å². The molecule has 1 aromatic rings. The molecule has 0 amide bonds. The molecule has 1 saturated heterocycles. The van der Waals surface area contributed by atoms with Crippen LogP contribution >= 0.6 is 0 Å². The number of piperidine rings is 1. The normalized spacial score (nSPS) is 23.0. The van der Waals surface area contributed by atoms with Crippen molar-refractivity contribution in [2.24, 2.45) is 4.99 Å². The first kappa shape index (κ1) is 14.1. The minimum atomic E-state index is -0.210. The molecule has 1 aromatic carbocycles. The standard InChI is InChI=1S/C16H21FN4/c1-21-15(12-2-4-13(17)5-3-12)10-19-11-16(21)20-14-6-8-18-9-7-14/h2-5,10-11,14-15,18,20H,6-9H2,1H3. The van der Waals surface area contributed by atoms with E-state index in [0.29, 0.717) is 6.04 Å². The van der Waals surface area contributed by atoms with Crippen molar-refractivity contribution in [3.8, 4) is 0 Å². The number of halogens is 1. The summed E-state index contributed by atoms with van der Waals surface area (Å²) in [7, 11) is 2.04. The number of nitrogens with zero attached hydrogens (tertiary/aromatic N) is 2. The second-order valence-electron chi connectivity index (χ2n) is 5.59. The summed E-state index contributed by atoms with van der Waals surface area (Å²) in [5.41, 5.74) is 1.04. The molecule has 0 spiro atoms. The van der Waals surface area contributed by atoms with Crippen LogP contribution in [-0.4, -0.2) is 37.3 Å². The Morgan fingerprint density at radius 3 is 2.67 bits per heavy atom. The summed E-state index contributed by atoms with van der Waals surface area (Å²) >= 11 is 0. The van der Waals surface area contributed by atoms with Crippen molar-refractivity contribution < 1.29 is 4.39 Å². The highest BCUT2D eigenvalue weighted by Gasteiger charge is 2.22. The van der Waals surface area contributed by atoms with E-state index in [2.05, 4.69) is 20.5 Å². The van der Waals surface area contributed by atoms with Gasteiger partial charge in [0.15, 0.2) is 0 Å². The van der Waals surface area contributed by atoms with Crippen LogP contribution in [0.25, 0.3) is 0 Å². The summed E-state index contributed by atoms with van der Waals surface area (Å²) in [6.45, 7) is 2.11. The van der Waals surface area contributed by atoms with Gasteiger partial charge in [-0.15, -0.1) is 0 Å². The van der Waals surface area contributed by atoms with Gasteiger partial charge in [-0.1, -0.05) is 12.1 Å². The maximum Gasteiger partial charge on any atom is 0.123 e. The molecule has 5 heteroatoms. The number of rotatable bonds is 3. The lowest BCUT2D eigenvalue weighted by atomic mass is 10.0. The van der Waals surface area contributed by atoms with E-state index in [9.17, 15) is 4.39 Å². The summed E-state index contributed by atoms with van der Waals surface area (Å²) in [5, 5.41) is 6.94. The van der Waals surface area contributed by atoms with Crippen LogP contribution in [0.5, 0.6) is 0 Å². The van der Waals surface area contributed by atoms with Crippen LogP contribution in [0.1, 0.15) is 24.4 Å². The molecule has 1 unspecified atom stereocenters. The first-order valence-electron chi connectivity index (χ1n) is 7.43. The largest absolute Gasteiger partial charge is 0.368 e. The van der Waals surface area contributed by atoms with Crippen molar-refractivity contribution in [1.29, 1.82) is 0 Å². The average Bonchev–Trinajstić information content (AvgIpc) is 2.52. The maximum atomic E-state index is 13.1. The fourth-order valence-corrected chi connectivity index (χ4v) is 2.82. The van der Waals surface area contributed by atoms with Crippen molar-refractivity contribution in [2.75, 3.05) is 20.1 Å². The molecule has 2 N–H and O–H groups in total. The van der Waals surface area contributed by atoms with Gasteiger partial charge in [0.05, 0.1) is 12.2 Å². The lowest BCUT2D eigenvalue weighted by molar-refractivity contribution is 0.308. The molecule has 112 valence electrons. The van der Waals surface area contributed by atoms with E-state index in [1.54, 1.807) is 0 Å². The van der Waals surface area contributed by atoms with Gasteiger partial charge in [-0.2, -0.15) is 0 Å². The molecule has 1 atom stereocenters. The average molecular weight is 288 g/mol. The third kappa shape index (κ3) is 3.24. The Labute approximate surface area is 124 Å². The van der Waals surface area contributed by atoms with E-state index in [-0.39, 0.29) is 11.9 Å². The van der Waals surface area contributed by atoms with Gasteiger partial charge < -0.3 is 15.5 Å². The number of nitrogens with one attached hydrogen (secondary N) is 2. The molecule has 3 rings (SSSR count). The molecule has 0 bridgehead atoms. The molecule has 2 heterocycles. The third-order valence-electron chi connectivity index (χ3n) is 4.12. The highest BCUT2D eigenvalue weighted by Crippen LogP contribution is 2.24. The summed E-state index contributed by atoms with van der Waals surface area (Å²) in [6.07, 6.45) is 6.00. The first-order chi connectivity index (χ1) is 10.2. The van der Waals surface area contributed by atoms with E-state index in [1.165, 1.54) is 12.1 Å². The molecule has 1 fully saturated rings. The fraction of sp³-hybridized carbons (Fsp3) is 0.438. The second kappa shape index (κ2) is 6.26. The van der Waals surface area contributed by atoms with Crippen LogP contribution in [0.15, 0.2) is 41.3 Å². The van der Waals surface area contributed by atoms with Crippen LogP contribution in [0.4, 0.5) is 4.39 Å². The monoisotopic (exact) mass is 288 g/mol. The maximum absolute atomic E-state index is 13.1. The Hall–Kier alpha value is -1.88. The van der Waals surface area contributed by atoms with Gasteiger partial charge in [-0.25, -0.2) is 4.39 Å². The molecule has 0 radical (unpaired) electrons. The summed E-state index contributed by atoms with van der Waals surface area (Å²) in [6, 6.07) is 7.15. The summed E-state index contributed by atoms with van der Waals surface area (Å²) < 4.78 is 13.1. The highest BCUT2D eigenvalue weighted by atomic mass is 19.1. The van der Waals surface area contributed by atoms with Crippen molar-refractivity contribution in [1.82, 2.24) is 15.5 Å². The van der Waals surface area contributed by atoms with Crippen LogP contribution in [0.2, 0.25) is 0 Å². The van der Waals surface area contributed by atoms with Gasteiger partial charge >= 0.3 is 0 Å². The van der Waals surface area contributed by atoms with Crippen molar-refractivity contribution in [2.45, 2.75) is 24.9 Å². The van der Waals surface area contributed by atoms with Crippen LogP contribution in [0, 0.1) is 5.82 Å². The number of hydrogen-bond donors (Lipinski definition) is 2. The van der Waals surface area contributed by atoms with Gasteiger partial charge in [0.25, 0.3) is 0 Å². The van der Waals surface area contributed by atoms with E-state index < -0.39 is 0 Å². The Kier molecular flexibility index (Phi) is 4.20. The van der Waals surface area contributed by atoms with E-state index in [1.807, 2.05) is 31.6 Å². The van der Waals surface area contributed by atoms with Gasteiger partial charge in [-0.3, -0.25) is 4.99 Å². The van der Waals surface area contributed by atoms with Crippen LogP contribution < -0.4 is 10.6 Å². The zero-order valence-corrected chi connectivity index (χ0v) is 12.2. The lowest BCUT2D eigenvalue weighted by Crippen LogP contribution is -2.44. The Morgan fingerprint density at radius 1 is 1.24 bits per heavy atom. The lowest BCUT2D eigenvalue weighted by Gasteiger charge is -2.35. The molecule has 2 aliphatic rings. The molecule has 2 aliphatic heterocycles. The van der Waals surface area contributed by atoms with E-state index >= 15 is 0 Å². The van der Waals surface area contributed by atoms with Crippen molar-refractivity contribution in [3.63, 3.8) is 0 Å². The van der Waals surface area contributed by atoms with Crippen molar-refractivity contribution in [3.05, 3.63) is 47.7 Å². The summed E-state index contributed by atoms with van der Waals surface area (Å²) in [5.74, 6) is 0.816. The zero-order chi connectivity index (χ0) is 14.7. The third-order valence-corrected chi connectivity index (χ3v) is 4.12. The highest BCUT2D eigenvalue weighted by molar-refractivity contribution is 5.69. The zero-order valence-electron chi connectivity index (χ0n) is 12.2. The van der Waals surface area contributed by atoms with Gasteiger partial charge in [-0.05, 0) is 43.6 Å². The number of aliphatic imine (C=N–C) groups is 1. The van der Waals surface area contributed by atoms with Gasteiger partial charge in [0, 0.05) is 19.3 Å². The Morgan fingerprint density at radius 2 is 1.95 bits per heavy atom. The molecule has 0 aliphatic carbocycles. The van der Waals surface area contributed by atoms with Crippen LogP contribution in [0.3, 0.4) is 0 Å². The number of hydrogen-bond acceptors (Lipinski definition) is 4. The molecule has 21 heavy (non-hydrogen) atoms. The Bertz CT molecular complexity index is 532. The molecule has 0 aromatic heterocycles. The number of benzene rings is 1. The smallest absolute Gasteiger partial charge is 0.123 e. The topological polar surface area (TPSA) is 39.7 Å². The quantitative estimate of drug-likeness (QED) is 0.894. The minimum absolute atomic E-state index is 0.0415. The fourth-order valence-electron chi connectivity index (χ4n) is 2.82. The Balaban J connectivity index is 1.70. The first-order valence-corrected chi connectivity index (χ1v) is 7.43. The van der Waals surface area contributed by atoms with E-state index in [0.717, 1.165) is 37.3 Å². The van der Waals surface area contributed by atoms with Crippen LogP contribution in [-0.2, 0) is 0 Å².